The molecule has 3 rings (SSSR count). The van der Waals surface area contributed by atoms with Crippen LogP contribution >= 0.6 is 0 Å². The summed E-state index contributed by atoms with van der Waals surface area (Å²) >= 11 is 0. The number of hydrogen-bond donors (Lipinski definition) is 1. The molecule has 0 bridgehead atoms. The number of urea groups is 1. The second-order valence-corrected chi connectivity index (χ2v) is 6.40. The number of rotatable bonds is 2. The number of furan rings is 1. The van der Waals surface area contributed by atoms with Crippen molar-refractivity contribution < 1.29 is 9.21 Å². The summed E-state index contributed by atoms with van der Waals surface area (Å²) in [4.78, 5) is 17.0. The molecule has 5 heteroatoms. The molecular formula is C16H25N3O2. The van der Waals surface area contributed by atoms with Gasteiger partial charge < -0.3 is 19.5 Å². The molecule has 2 aliphatic rings. The lowest BCUT2D eigenvalue weighted by atomic mass is 9.84. The molecule has 0 spiro atoms. The molecule has 0 aliphatic carbocycles. The van der Waals surface area contributed by atoms with Crippen molar-refractivity contribution in [1.29, 1.82) is 0 Å². The standard InChI is InChI=1S/C16H25N3O2/c1-12(15-6-4-10-21-15)17-16(20)19-8-3-5-13-11-18(2)9-7-14(13)19/h4,6,10,12-14H,3,5,7-9,11H2,1-2H3,(H,17,20)/t12-,13+,14-/m0/s1. The highest BCUT2D eigenvalue weighted by atomic mass is 16.3. The van der Waals surface area contributed by atoms with Gasteiger partial charge in [-0.3, -0.25) is 0 Å². The first-order valence-electron chi connectivity index (χ1n) is 7.94. The highest BCUT2D eigenvalue weighted by molar-refractivity contribution is 5.75. The van der Waals surface area contributed by atoms with E-state index in [1.54, 1.807) is 6.26 Å². The van der Waals surface area contributed by atoms with Crippen LogP contribution in [0.3, 0.4) is 0 Å². The molecule has 3 atom stereocenters. The molecule has 1 aromatic rings. The fourth-order valence-corrected chi connectivity index (χ4v) is 3.71. The third kappa shape index (κ3) is 3.07. The Morgan fingerprint density at radius 2 is 2.29 bits per heavy atom. The summed E-state index contributed by atoms with van der Waals surface area (Å²) in [6.45, 7) is 5.04. The summed E-state index contributed by atoms with van der Waals surface area (Å²) in [7, 11) is 2.17. The molecule has 3 heterocycles. The molecule has 0 radical (unpaired) electrons. The quantitative estimate of drug-likeness (QED) is 0.910. The van der Waals surface area contributed by atoms with Crippen LogP contribution < -0.4 is 5.32 Å². The maximum atomic E-state index is 12.6. The van der Waals surface area contributed by atoms with E-state index in [4.69, 9.17) is 4.42 Å². The minimum Gasteiger partial charge on any atom is -0.467 e. The van der Waals surface area contributed by atoms with Crippen molar-refractivity contribution in [2.45, 2.75) is 38.3 Å². The number of likely N-dealkylation sites (tertiary alicyclic amines) is 2. The molecule has 1 N–H and O–H groups in total. The third-order valence-electron chi connectivity index (χ3n) is 4.84. The minimum atomic E-state index is -0.0841. The maximum absolute atomic E-state index is 12.6. The molecule has 2 aliphatic heterocycles. The maximum Gasteiger partial charge on any atom is 0.318 e. The van der Waals surface area contributed by atoms with E-state index in [2.05, 4.69) is 22.2 Å². The number of carbonyl (C=O) groups is 1. The van der Waals surface area contributed by atoms with Gasteiger partial charge >= 0.3 is 6.03 Å². The van der Waals surface area contributed by atoms with Gasteiger partial charge in [0.15, 0.2) is 0 Å². The van der Waals surface area contributed by atoms with E-state index >= 15 is 0 Å². The van der Waals surface area contributed by atoms with Crippen LogP contribution in [0.25, 0.3) is 0 Å². The Labute approximate surface area is 126 Å². The molecule has 5 nitrogen and oxygen atoms in total. The molecular weight excluding hydrogens is 266 g/mol. The molecule has 2 amide bonds. The summed E-state index contributed by atoms with van der Waals surface area (Å²) in [6.07, 6.45) is 5.08. The lowest BCUT2D eigenvalue weighted by Crippen LogP contribution is -2.57. The van der Waals surface area contributed by atoms with Crippen LogP contribution in [0.2, 0.25) is 0 Å². The van der Waals surface area contributed by atoms with Gasteiger partial charge in [0.25, 0.3) is 0 Å². The van der Waals surface area contributed by atoms with E-state index in [1.807, 2.05) is 19.1 Å². The molecule has 2 fully saturated rings. The van der Waals surface area contributed by atoms with Crippen molar-refractivity contribution >= 4 is 6.03 Å². The zero-order chi connectivity index (χ0) is 14.8. The number of amides is 2. The Hall–Kier alpha value is -1.49. The summed E-state index contributed by atoms with van der Waals surface area (Å²) < 4.78 is 5.36. The smallest absolute Gasteiger partial charge is 0.318 e. The van der Waals surface area contributed by atoms with Crippen molar-refractivity contribution in [3.63, 3.8) is 0 Å². The van der Waals surface area contributed by atoms with Gasteiger partial charge in [-0.25, -0.2) is 4.79 Å². The summed E-state index contributed by atoms with van der Waals surface area (Å²) in [5.74, 6) is 1.43. The fraction of sp³-hybridized carbons (Fsp3) is 0.688. The van der Waals surface area contributed by atoms with Crippen LogP contribution in [0, 0.1) is 5.92 Å². The average Bonchev–Trinajstić information content (AvgIpc) is 3.00. The van der Waals surface area contributed by atoms with E-state index in [0.29, 0.717) is 12.0 Å². The number of nitrogens with zero attached hydrogens (tertiary/aromatic N) is 2. The first kappa shape index (κ1) is 14.4. The average molecular weight is 291 g/mol. The molecule has 1 aromatic heterocycles. The van der Waals surface area contributed by atoms with Crippen molar-refractivity contribution in [1.82, 2.24) is 15.1 Å². The van der Waals surface area contributed by atoms with Gasteiger partial charge in [-0.2, -0.15) is 0 Å². The Morgan fingerprint density at radius 1 is 1.43 bits per heavy atom. The second kappa shape index (κ2) is 6.10. The Balaban J connectivity index is 1.63. The Morgan fingerprint density at radius 3 is 3.05 bits per heavy atom. The predicted octanol–water partition coefficient (Wildman–Crippen LogP) is 2.47. The van der Waals surface area contributed by atoms with Crippen LogP contribution in [0.15, 0.2) is 22.8 Å². The normalized spacial score (nSPS) is 28.0. The van der Waals surface area contributed by atoms with Gasteiger partial charge in [-0.05, 0) is 57.8 Å². The zero-order valence-electron chi connectivity index (χ0n) is 12.9. The van der Waals surface area contributed by atoms with Crippen LogP contribution in [0.1, 0.15) is 38.0 Å². The minimum absolute atomic E-state index is 0.0538. The van der Waals surface area contributed by atoms with Gasteiger partial charge in [0.1, 0.15) is 5.76 Å². The monoisotopic (exact) mass is 291 g/mol. The lowest BCUT2D eigenvalue weighted by Gasteiger charge is -2.46. The number of carbonyl (C=O) groups excluding carboxylic acids is 1. The third-order valence-corrected chi connectivity index (χ3v) is 4.84. The number of fused-ring (bicyclic) bond motifs is 1. The first-order chi connectivity index (χ1) is 10.1. The number of piperidine rings is 2. The number of hydrogen-bond acceptors (Lipinski definition) is 3. The first-order valence-corrected chi connectivity index (χ1v) is 7.94. The zero-order valence-corrected chi connectivity index (χ0v) is 12.9. The van der Waals surface area contributed by atoms with Crippen LogP contribution in [0.5, 0.6) is 0 Å². The van der Waals surface area contributed by atoms with E-state index < -0.39 is 0 Å². The van der Waals surface area contributed by atoms with Crippen LogP contribution in [-0.4, -0.2) is 48.6 Å². The van der Waals surface area contributed by atoms with Gasteiger partial charge in [-0.15, -0.1) is 0 Å². The highest BCUT2D eigenvalue weighted by Crippen LogP contribution is 2.30. The molecule has 0 unspecified atom stereocenters. The lowest BCUT2D eigenvalue weighted by molar-refractivity contribution is 0.0523. The molecule has 0 saturated carbocycles. The van der Waals surface area contributed by atoms with Crippen molar-refractivity contribution in [3.05, 3.63) is 24.2 Å². The van der Waals surface area contributed by atoms with Gasteiger partial charge in [0.05, 0.1) is 12.3 Å². The Bertz CT molecular complexity index is 474. The van der Waals surface area contributed by atoms with E-state index in [1.165, 1.54) is 6.42 Å². The van der Waals surface area contributed by atoms with Crippen molar-refractivity contribution in [3.8, 4) is 0 Å². The summed E-state index contributed by atoms with van der Waals surface area (Å²) in [5.41, 5.74) is 0. The largest absolute Gasteiger partial charge is 0.467 e. The molecule has 116 valence electrons. The number of nitrogens with one attached hydrogen (secondary N) is 1. The van der Waals surface area contributed by atoms with Crippen molar-refractivity contribution in [2.24, 2.45) is 5.92 Å². The van der Waals surface area contributed by atoms with Gasteiger partial charge in [-0.1, -0.05) is 0 Å². The SMILES string of the molecule is C[C@H](NC(=O)N1CCC[C@@H]2CN(C)CC[C@@H]21)c1ccco1. The summed E-state index contributed by atoms with van der Waals surface area (Å²) in [6, 6.07) is 4.13. The van der Waals surface area contributed by atoms with Gasteiger partial charge in [0, 0.05) is 19.1 Å². The van der Waals surface area contributed by atoms with Crippen molar-refractivity contribution in [2.75, 3.05) is 26.7 Å². The topological polar surface area (TPSA) is 48.7 Å². The second-order valence-electron chi connectivity index (χ2n) is 6.40. The van der Waals surface area contributed by atoms with E-state index in [0.717, 1.165) is 38.2 Å². The molecule has 21 heavy (non-hydrogen) atoms. The van der Waals surface area contributed by atoms with Crippen LogP contribution in [-0.2, 0) is 0 Å². The van der Waals surface area contributed by atoms with E-state index in [-0.39, 0.29) is 12.1 Å². The predicted molar refractivity (Wildman–Crippen MR) is 81.0 cm³/mol. The fourth-order valence-electron chi connectivity index (χ4n) is 3.71. The van der Waals surface area contributed by atoms with E-state index in [9.17, 15) is 4.79 Å². The highest BCUT2D eigenvalue weighted by Gasteiger charge is 2.37. The molecule has 2 saturated heterocycles. The van der Waals surface area contributed by atoms with Crippen LogP contribution in [0.4, 0.5) is 4.79 Å². The Kier molecular flexibility index (Phi) is 4.19. The van der Waals surface area contributed by atoms with Gasteiger partial charge in [0.2, 0.25) is 0 Å². The summed E-state index contributed by atoms with van der Waals surface area (Å²) in [5, 5.41) is 3.08. The molecule has 0 aromatic carbocycles.